The minimum Gasteiger partial charge on any atom is -0.493 e. The molecule has 0 aromatic heterocycles. The fourth-order valence-corrected chi connectivity index (χ4v) is 3.37. The second-order valence-electron chi connectivity index (χ2n) is 5.26. The molecule has 134 valence electrons. The first-order chi connectivity index (χ1) is 11.9. The van der Waals surface area contributed by atoms with E-state index in [1.807, 2.05) is 0 Å². The van der Waals surface area contributed by atoms with Gasteiger partial charge in [-0.3, -0.25) is 4.79 Å². The van der Waals surface area contributed by atoms with Crippen molar-refractivity contribution in [1.29, 1.82) is 0 Å². The van der Waals surface area contributed by atoms with Crippen LogP contribution in [0.4, 0.5) is 5.69 Å². The molecule has 0 heterocycles. The van der Waals surface area contributed by atoms with Gasteiger partial charge in [0.05, 0.1) is 11.5 Å². The van der Waals surface area contributed by atoms with Gasteiger partial charge in [-0.05, 0) is 42.8 Å². The highest BCUT2D eigenvalue weighted by molar-refractivity contribution is 9.10. The Balaban J connectivity index is 1.78. The van der Waals surface area contributed by atoms with Gasteiger partial charge in [0.2, 0.25) is 15.9 Å². The maximum atomic E-state index is 12.1. The lowest BCUT2D eigenvalue weighted by molar-refractivity contribution is -0.114. The molecule has 0 fully saturated rings. The van der Waals surface area contributed by atoms with Crippen molar-refractivity contribution in [3.05, 3.63) is 53.0 Å². The lowest BCUT2D eigenvalue weighted by Crippen LogP contribution is -2.25. The average Bonchev–Trinajstić information content (AvgIpc) is 2.54. The second-order valence-corrected chi connectivity index (χ2v) is 7.95. The van der Waals surface area contributed by atoms with Gasteiger partial charge in [0.25, 0.3) is 0 Å². The molecule has 2 N–H and O–H groups in total. The van der Waals surface area contributed by atoms with Crippen LogP contribution in [-0.4, -0.2) is 27.5 Å². The first-order valence-electron chi connectivity index (χ1n) is 7.62. The Morgan fingerprint density at radius 3 is 2.56 bits per heavy atom. The molecule has 1 amide bonds. The smallest absolute Gasteiger partial charge is 0.240 e. The van der Waals surface area contributed by atoms with Crippen molar-refractivity contribution >= 4 is 37.5 Å². The summed E-state index contributed by atoms with van der Waals surface area (Å²) >= 11 is 3.27. The zero-order valence-electron chi connectivity index (χ0n) is 13.7. The summed E-state index contributed by atoms with van der Waals surface area (Å²) in [4.78, 5) is 11.3. The number of hydrogen-bond acceptors (Lipinski definition) is 4. The summed E-state index contributed by atoms with van der Waals surface area (Å²) in [5.41, 5.74) is 0.654. The molecular weight excluding hydrogens is 408 g/mol. The Labute approximate surface area is 155 Å². The Bertz CT molecular complexity index is 823. The molecule has 2 rings (SSSR count). The highest BCUT2D eigenvalue weighted by Crippen LogP contribution is 2.17. The molecule has 6 nitrogen and oxygen atoms in total. The third kappa shape index (κ3) is 6.49. The topological polar surface area (TPSA) is 84.5 Å². The molecule has 0 spiro atoms. The normalized spacial score (nSPS) is 11.1. The SMILES string of the molecule is CC(=O)Nc1cccc(OCCCNS(=O)(=O)c2ccc(Br)cc2)c1. The van der Waals surface area contributed by atoms with Gasteiger partial charge in [-0.2, -0.15) is 0 Å². The fraction of sp³-hybridized carbons (Fsp3) is 0.235. The maximum absolute atomic E-state index is 12.1. The third-order valence-electron chi connectivity index (χ3n) is 3.16. The second kappa shape index (κ2) is 8.98. The van der Waals surface area contributed by atoms with Crippen LogP contribution >= 0.6 is 15.9 Å². The predicted octanol–water partition coefficient (Wildman–Crippen LogP) is 3.15. The van der Waals surface area contributed by atoms with Gasteiger partial charge in [0.1, 0.15) is 5.75 Å². The monoisotopic (exact) mass is 426 g/mol. The summed E-state index contributed by atoms with van der Waals surface area (Å²) in [6.45, 7) is 2.06. The van der Waals surface area contributed by atoms with E-state index in [2.05, 4.69) is 26.0 Å². The first-order valence-corrected chi connectivity index (χ1v) is 9.90. The van der Waals surface area contributed by atoms with Crippen molar-refractivity contribution in [3.63, 3.8) is 0 Å². The third-order valence-corrected chi connectivity index (χ3v) is 5.17. The molecule has 0 aliphatic carbocycles. The Hall–Kier alpha value is -1.90. The lowest BCUT2D eigenvalue weighted by Gasteiger charge is -2.09. The van der Waals surface area contributed by atoms with Gasteiger partial charge in [0.15, 0.2) is 0 Å². The number of benzene rings is 2. The maximum Gasteiger partial charge on any atom is 0.240 e. The van der Waals surface area contributed by atoms with E-state index >= 15 is 0 Å². The summed E-state index contributed by atoms with van der Waals surface area (Å²) in [6, 6.07) is 13.5. The van der Waals surface area contributed by atoms with E-state index < -0.39 is 10.0 Å². The van der Waals surface area contributed by atoms with Gasteiger partial charge < -0.3 is 10.1 Å². The van der Waals surface area contributed by atoms with Crippen LogP contribution in [0.15, 0.2) is 57.9 Å². The fourth-order valence-electron chi connectivity index (χ4n) is 2.03. The zero-order valence-corrected chi connectivity index (χ0v) is 16.1. The molecule has 0 bridgehead atoms. The number of nitrogens with one attached hydrogen (secondary N) is 2. The van der Waals surface area contributed by atoms with Crippen LogP contribution in [0.1, 0.15) is 13.3 Å². The van der Waals surface area contributed by atoms with Crippen molar-refractivity contribution in [2.45, 2.75) is 18.2 Å². The zero-order chi connectivity index (χ0) is 18.3. The molecular formula is C17H19BrN2O4S. The lowest BCUT2D eigenvalue weighted by atomic mass is 10.3. The van der Waals surface area contributed by atoms with E-state index in [0.29, 0.717) is 24.5 Å². The molecule has 25 heavy (non-hydrogen) atoms. The minimum absolute atomic E-state index is 0.153. The molecule has 8 heteroatoms. The van der Waals surface area contributed by atoms with E-state index in [1.54, 1.807) is 36.4 Å². The number of carbonyl (C=O) groups is 1. The number of anilines is 1. The van der Waals surface area contributed by atoms with Gasteiger partial charge in [-0.25, -0.2) is 13.1 Å². The van der Waals surface area contributed by atoms with Gasteiger partial charge in [0, 0.05) is 29.7 Å². The van der Waals surface area contributed by atoms with E-state index in [4.69, 9.17) is 4.74 Å². The summed E-state index contributed by atoms with van der Waals surface area (Å²) < 4.78 is 33.2. The van der Waals surface area contributed by atoms with Crippen molar-refractivity contribution in [2.75, 3.05) is 18.5 Å². The highest BCUT2D eigenvalue weighted by atomic mass is 79.9. The van der Waals surface area contributed by atoms with Crippen LogP contribution < -0.4 is 14.8 Å². The summed E-state index contributed by atoms with van der Waals surface area (Å²) in [7, 11) is -3.52. The Morgan fingerprint density at radius 2 is 1.88 bits per heavy atom. The van der Waals surface area contributed by atoms with Crippen LogP contribution in [0.3, 0.4) is 0 Å². The van der Waals surface area contributed by atoms with E-state index in [9.17, 15) is 13.2 Å². The molecule has 0 unspecified atom stereocenters. The molecule has 2 aromatic carbocycles. The molecule has 0 aliphatic heterocycles. The number of halogens is 1. The molecule has 2 aromatic rings. The first kappa shape index (κ1) is 19.4. The number of ether oxygens (including phenoxy) is 1. The average molecular weight is 427 g/mol. The largest absolute Gasteiger partial charge is 0.493 e. The molecule has 0 radical (unpaired) electrons. The van der Waals surface area contributed by atoms with E-state index in [1.165, 1.54) is 19.1 Å². The van der Waals surface area contributed by atoms with Crippen molar-refractivity contribution in [3.8, 4) is 5.75 Å². The number of sulfonamides is 1. The van der Waals surface area contributed by atoms with Crippen LogP contribution in [0.5, 0.6) is 5.75 Å². The molecule has 0 aliphatic rings. The van der Waals surface area contributed by atoms with Crippen molar-refractivity contribution < 1.29 is 17.9 Å². The van der Waals surface area contributed by atoms with Gasteiger partial charge in [-0.15, -0.1) is 0 Å². The van der Waals surface area contributed by atoms with Crippen LogP contribution in [0, 0.1) is 0 Å². The van der Waals surface area contributed by atoms with Crippen molar-refractivity contribution in [1.82, 2.24) is 4.72 Å². The molecule has 0 atom stereocenters. The highest BCUT2D eigenvalue weighted by Gasteiger charge is 2.12. The predicted molar refractivity (Wildman–Crippen MR) is 100 cm³/mol. The Kier molecular flexibility index (Phi) is 6.98. The van der Waals surface area contributed by atoms with Gasteiger partial charge in [-0.1, -0.05) is 22.0 Å². The summed E-state index contributed by atoms with van der Waals surface area (Å²) in [6.07, 6.45) is 0.514. The standard InChI is InChI=1S/C17H19BrN2O4S/c1-13(21)20-15-4-2-5-16(12-15)24-11-3-10-19-25(22,23)17-8-6-14(18)7-9-17/h2,4-9,12,19H,3,10-11H2,1H3,(H,20,21). The number of hydrogen-bond donors (Lipinski definition) is 2. The number of amides is 1. The van der Waals surface area contributed by atoms with Crippen LogP contribution in [0.25, 0.3) is 0 Å². The molecule has 0 saturated heterocycles. The number of rotatable bonds is 8. The van der Waals surface area contributed by atoms with E-state index in [0.717, 1.165) is 4.47 Å². The minimum atomic E-state index is -3.52. The quantitative estimate of drug-likeness (QED) is 0.634. The Morgan fingerprint density at radius 1 is 1.16 bits per heavy atom. The van der Waals surface area contributed by atoms with Crippen LogP contribution in [-0.2, 0) is 14.8 Å². The summed E-state index contributed by atoms with van der Waals surface area (Å²) in [5.74, 6) is 0.460. The van der Waals surface area contributed by atoms with E-state index in [-0.39, 0.29) is 17.3 Å². The summed E-state index contributed by atoms with van der Waals surface area (Å²) in [5, 5.41) is 2.67. The molecule has 0 saturated carbocycles. The number of carbonyl (C=O) groups excluding carboxylic acids is 1. The van der Waals surface area contributed by atoms with Gasteiger partial charge >= 0.3 is 0 Å². The van der Waals surface area contributed by atoms with Crippen molar-refractivity contribution in [2.24, 2.45) is 0 Å². The van der Waals surface area contributed by atoms with Crippen LogP contribution in [0.2, 0.25) is 0 Å².